The van der Waals surface area contributed by atoms with Crippen LogP contribution < -0.4 is 0 Å². The molecule has 0 aliphatic heterocycles. The van der Waals surface area contributed by atoms with Crippen LogP contribution in [0.25, 0.3) is 0 Å². The van der Waals surface area contributed by atoms with Crippen molar-refractivity contribution < 1.29 is 12.6 Å². The lowest BCUT2D eigenvalue weighted by Gasteiger charge is -2.20. The molecular formula is C26H41NO3S4. The molecule has 1 atom stereocenters. The summed E-state index contributed by atoms with van der Waals surface area (Å²) in [6.07, 6.45) is 14.1. The van der Waals surface area contributed by atoms with Gasteiger partial charge in [-0.15, -0.1) is 11.8 Å². The van der Waals surface area contributed by atoms with Crippen molar-refractivity contribution in [3.05, 3.63) is 29.8 Å². The Morgan fingerprint density at radius 3 is 2.12 bits per heavy atom. The summed E-state index contributed by atoms with van der Waals surface area (Å²) in [7, 11) is -3.77. The number of nitriles is 1. The Balaban J connectivity index is 2.19. The van der Waals surface area contributed by atoms with E-state index in [1.165, 1.54) is 69.5 Å². The van der Waals surface area contributed by atoms with Gasteiger partial charge in [0.1, 0.15) is 8.28 Å². The molecule has 4 nitrogen and oxygen atoms in total. The van der Waals surface area contributed by atoms with Crippen molar-refractivity contribution in [3.8, 4) is 6.07 Å². The van der Waals surface area contributed by atoms with Gasteiger partial charge in [0, 0.05) is 0 Å². The zero-order chi connectivity index (χ0) is 25.3. The minimum Gasteiger partial charge on any atom is -0.266 e. The van der Waals surface area contributed by atoms with Gasteiger partial charge in [0.15, 0.2) is 0 Å². The van der Waals surface area contributed by atoms with Gasteiger partial charge in [-0.1, -0.05) is 106 Å². The second-order valence-corrected chi connectivity index (χ2v) is 14.3. The summed E-state index contributed by atoms with van der Waals surface area (Å²) in [5.74, 6) is 0.988. The molecule has 1 aromatic rings. The molecule has 0 aliphatic rings. The summed E-state index contributed by atoms with van der Waals surface area (Å²) in [6.45, 7) is 6.06. The molecule has 34 heavy (non-hydrogen) atoms. The molecule has 0 amide bonds. The highest BCUT2D eigenvalue weighted by Crippen LogP contribution is 2.35. The topological polar surface area (TPSA) is 67.2 Å². The first kappa shape index (κ1) is 31.4. The van der Waals surface area contributed by atoms with Gasteiger partial charge in [0.2, 0.25) is 0 Å². The Morgan fingerprint density at radius 2 is 1.56 bits per heavy atom. The van der Waals surface area contributed by atoms with Gasteiger partial charge in [-0.2, -0.15) is 13.7 Å². The molecule has 0 N–H and O–H groups in total. The molecule has 1 aromatic carbocycles. The number of thiocarbonyl (C=S) groups is 1. The van der Waals surface area contributed by atoms with Gasteiger partial charge in [-0.25, -0.2) is 0 Å². The van der Waals surface area contributed by atoms with Crippen LogP contribution in [0.4, 0.5) is 0 Å². The second-order valence-electron chi connectivity index (χ2n) is 8.92. The average molecular weight is 544 g/mol. The fourth-order valence-electron chi connectivity index (χ4n) is 3.44. The molecule has 0 bridgehead atoms. The SMILES string of the molecule is CCCCCCCCCCCCSC(=S)SC(C)(C#N)CCCOS(=O)(=O)c1ccc(C)cc1. The van der Waals surface area contributed by atoms with Crippen LogP contribution in [0, 0.1) is 18.3 Å². The standard InChI is InChI=1S/C26H41NO3S4/c1-4-5-6-7-8-9-10-11-12-13-21-32-25(31)33-26(3,22-27)19-14-20-30-34(28,29)24-17-15-23(2)16-18-24/h15-18H,4-14,19-21H2,1-3H3. The number of rotatable bonds is 18. The van der Waals surface area contributed by atoms with Crippen molar-refractivity contribution in [1.29, 1.82) is 5.26 Å². The Bertz CT molecular complexity index is 850. The lowest BCUT2D eigenvalue weighted by atomic mass is 10.1. The van der Waals surface area contributed by atoms with E-state index in [0.717, 1.165) is 21.3 Å². The maximum atomic E-state index is 12.3. The normalized spacial score (nSPS) is 13.4. The van der Waals surface area contributed by atoms with Crippen LogP contribution in [0.5, 0.6) is 0 Å². The van der Waals surface area contributed by atoms with Crippen molar-refractivity contribution in [3.63, 3.8) is 0 Å². The second kappa shape index (κ2) is 17.8. The molecule has 1 rings (SSSR count). The van der Waals surface area contributed by atoms with Gasteiger partial charge >= 0.3 is 0 Å². The quantitative estimate of drug-likeness (QED) is 0.104. The molecule has 0 aromatic heterocycles. The molecule has 0 radical (unpaired) electrons. The number of hydrogen-bond acceptors (Lipinski definition) is 7. The van der Waals surface area contributed by atoms with E-state index in [0.29, 0.717) is 12.8 Å². The van der Waals surface area contributed by atoms with Crippen molar-refractivity contribution in [2.75, 3.05) is 12.4 Å². The number of unbranched alkanes of at least 4 members (excludes halogenated alkanes) is 9. The van der Waals surface area contributed by atoms with Crippen LogP contribution in [-0.2, 0) is 14.3 Å². The van der Waals surface area contributed by atoms with Crippen LogP contribution in [0.3, 0.4) is 0 Å². The number of aryl methyl sites for hydroxylation is 1. The Hall–Kier alpha value is -0.590. The predicted molar refractivity (Wildman–Crippen MR) is 152 cm³/mol. The summed E-state index contributed by atoms with van der Waals surface area (Å²) in [5, 5.41) is 9.66. The van der Waals surface area contributed by atoms with E-state index in [-0.39, 0.29) is 11.5 Å². The third-order valence-corrected chi connectivity index (χ3v) is 9.78. The Morgan fingerprint density at radius 1 is 1.00 bits per heavy atom. The summed E-state index contributed by atoms with van der Waals surface area (Å²) in [4.78, 5) is 0.153. The highest BCUT2D eigenvalue weighted by atomic mass is 32.2. The van der Waals surface area contributed by atoms with Gasteiger partial charge in [-0.05, 0) is 51.0 Å². The first-order chi connectivity index (χ1) is 16.2. The van der Waals surface area contributed by atoms with E-state index in [4.69, 9.17) is 16.4 Å². The molecule has 0 saturated heterocycles. The minimum absolute atomic E-state index is 0.0482. The molecule has 0 saturated carbocycles. The number of nitrogens with zero attached hydrogens (tertiary/aromatic N) is 1. The smallest absolute Gasteiger partial charge is 0.266 e. The van der Waals surface area contributed by atoms with Crippen molar-refractivity contribution in [2.24, 2.45) is 0 Å². The van der Waals surface area contributed by atoms with E-state index in [2.05, 4.69) is 13.0 Å². The zero-order valence-electron chi connectivity index (χ0n) is 21.0. The summed E-state index contributed by atoms with van der Waals surface area (Å²) < 4.78 is 29.8. The number of hydrogen-bond donors (Lipinski definition) is 0. The van der Waals surface area contributed by atoms with E-state index in [1.807, 2.05) is 13.8 Å². The lowest BCUT2D eigenvalue weighted by Crippen LogP contribution is -2.20. The highest BCUT2D eigenvalue weighted by Gasteiger charge is 2.27. The van der Waals surface area contributed by atoms with Crippen LogP contribution in [0.2, 0.25) is 0 Å². The largest absolute Gasteiger partial charge is 0.296 e. The maximum Gasteiger partial charge on any atom is 0.296 e. The number of thioether (sulfide) groups is 2. The average Bonchev–Trinajstić information content (AvgIpc) is 2.80. The minimum atomic E-state index is -3.77. The molecule has 0 spiro atoms. The van der Waals surface area contributed by atoms with Gasteiger partial charge in [0.05, 0.1) is 17.6 Å². The van der Waals surface area contributed by atoms with Gasteiger partial charge in [0.25, 0.3) is 10.1 Å². The highest BCUT2D eigenvalue weighted by molar-refractivity contribution is 8.47. The summed E-state index contributed by atoms with van der Waals surface area (Å²) in [5.41, 5.74) is 0.989. The third kappa shape index (κ3) is 14.1. The predicted octanol–water partition coefficient (Wildman–Crippen LogP) is 8.44. The molecule has 1 unspecified atom stereocenters. The van der Waals surface area contributed by atoms with Crippen LogP contribution in [-0.4, -0.2) is 29.1 Å². The first-order valence-electron chi connectivity index (χ1n) is 12.5. The molecule has 8 heteroatoms. The van der Waals surface area contributed by atoms with E-state index in [9.17, 15) is 13.7 Å². The zero-order valence-corrected chi connectivity index (χ0v) is 24.3. The fourth-order valence-corrected chi connectivity index (χ4v) is 7.40. The van der Waals surface area contributed by atoms with E-state index >= 15 is 0 Å². The van der Waals surface area contributed by atoms with E-state index in [1.54, 1.807) is 36.0 Å². The van der Waals surface area contributed by atoms with Crippen molar-refractivity contribution in [2.45, 2.75) is 107 Å². The Kier molecular flexibility index (Phi) is 16.4. The van der Waals surface area contributed by atoms with Crippen LogP contribution in [0.15, 0.2) is 29.2 Å². The molecular weight excluding hydrogens is 503 g/mol. The molecule has 0 heterocycles. The fraction of sp³-hybridized carbons (Fsp3) is 0.692. The summed E-state index contributed by atoms with van der Waals surface area (Å²) in [6, 6.07) is 8.92. The Labute approximate surface area is 222 Å². The number of benzene rings is 1. The summed E-state index contributed by atoms with van der Waals surface area (Å²) >= 11 is 8.57. The van der Waals surface area contributed by atoms with Crippen LogP contribution >= 0.6 is 35.7 Å². The van der Waals surface area contributed by atoms with Crippen LogP contribution in [0.1, 0.15) is 96.5 Å². The van der Waals surface area contributed by atoms with Gasteiger partial charge in [-0.3, -0.25) is 4.18 Å². The lowest BCUT2D eigenvalue weighted by molar-refractivity contribution is 0.305. The first-order valence-corrected chi connectivity index (χ1v) is 16.1. The van der Waals surface area contributed by atoms with E-state index < -0.39 is 14.9 Å². The van der Waals surface area contributed by atoms with Crippen molar-refractivity contribution in [1.82, 2.24) is 0 Å². The van der Waals surface area contributed by atoms with Gasteiger partial charge < -0.3 is 0 Å². The molecule has 0 fully saturated rings. The monoisotopic (exact) mass is 543 g/mol. The maximum absolute atomic E-state index is 12.3. The molecule has 0 aliphatic carbocycles. The van der Waals surface area contributed by atoms with Crippen molar-refractivity contribution >= 4 is 49.4 Å². The third-order valence-electron chi connectivity index (χ3n) is 5.61. The molecule has 192 valence electrons.